The Hall–Kier alpha value is -2.87. The molecular weight excluding hydrogens is 242 g/mol. The molecule has 19 heavy (non-hydrogen) atoms. The number of Topliss-reactive ketones (excluding diaryl/α,β-unsaturated/α-hetero) is 1. The molecule has 0 saturated carbocycles. The third kappa shape index (κ3) is 2.87. The summed E-state index contributed by atoms with van der Waals surface area (Å²) in [6, 6.07) is 9.86. The zero-order valence-electron chi connectivity index (χ0n) is 10.3. The number of anilines is 1. The summed E-state index contributed by atoms with van der Waals surface area (Å²) in [6.07, 6.45) is 1.47. The fraction of sp³-hybridized carbons (Fsp3) is 0.0714. The number of hydrogen-bond donors (Lipinski definition) is 1. The van der Waals surface area contributed by atoms with Crippen LogP contribution in [0.15, 0.2) is 36.5 Å². The molecule has 1 aromatic heterocycles. The number of rotatable bonds is 3. The normalized spacial score (nSPS) is 9.68. The molecular formula is C14H11N3O2. The van der Waals surface area contributed by atoms with Gasteiger partial charge in [-0.05, 0) is 31.2 Å². The fourth-order valence-corrected chi connectivity index (χ4v) is 1.57. The number of pyridine rings is 1. The zero-order valence-corrected chi connectivity index (χ0v) is 10.3. The Balaban J connectivity index is 2.38. The summed E-state index contributed by atoms with van der Waals surface area (Å²) in [4.78, 5) is 15.4. The van der Waals surface area contributed by atoms with Crippen molar-refractivity contribution in [1.82, 2.24) is 4.98 Å². The van der Waals surface area contributed by atoms with Gasteiger partial charge in [-0.15, -0.1) is 0 Å². The smallest absolute Gasteiger partial charge is 0.163 e. The van der Waals surface area contributed by atoms with Gasteiger partial charge in [-0.1, -0.05) is 0 Å². The molecule has 1 heterocycles. The van der Waals surface area contributed by atoms with E-state index in [4.69, 9.17) is 15.7 Å². The first-order valence-corrected chi connectivity index (χ1v) is 5.54. The van der Waals surface area contributed by atoms with Gasteiger partial charge in [0.15, 0.2) is 5.78 Å². The van der Waals surface area contributed by atoms with Crippen LogP contribution < -0.4 is 10.5 Å². The predicted octanol–water partition coefficient (Wildman–Crippen LogP) is 2.53. The average Bonchev–Trinajstić information content (AvgIpc) is 2.41. The topological polar surface area (TPSA) is 89.0 Å². The fourth-order valence-electron chi connectivity index (χ4n) is 1.57. The van der Waals surface area contributed by atoms with Crippen molar-refractivity contribution in [2.75, 3.05) is 5.73 Å². The lowest BCUT2D eigenvalue weighted by atomic mass is 10.1. The standard InChI is InChI=1S/C14H11N3O2/c1-9(18)13-6-10(16)2-3-14(13)19-12-4-5-17-11(7-12)8-15/h2-7H,16H2,1H3. The van der Waals surface area contributed by atoms with Crippen LogP contribution in [-0.2, 0) is 0 Å². The summed E-state index contributed by atoms with van der Waals surface area (Å²) >= 11 is 0. The van der Waals surface area contributed by atoms with E-state index in [-0.39, 0.29) is 11.5 Å². The van der Waals surface area contributed by atoms with Gasteiger partial charge >= 0.3 is 0 Å². The molecule has 0 aliphatic rings. The minimum absolute atomic E-state index is 0.142. The molecule has 0 unspecified atom stereocenters. The molecule has 0 spiro atoms. The highest BCUT2D eigenvalue weighted by atomic mass is 16.5. The van der Waals surface area contributed by atoms with Gasteiger partial charge in [0.05, 0.1) is 5.56 Å². The van der Waals surface area contributed by atoms with Crippen molar-refractivity contribution in [3.63, 3.8) is 0 Å². The molecule has 0 aliphatic heterocycles. The van der Waals surface area contributed by atoms with Crippen molar-refractivity contribution in [2.24, 2.45) is 0 Å². The average molecular weight is 253 g/mol. The molecule has 0 fully saturated rings. The lowest BCUT2D eigenvalue weighted by Crippen LogP contribution is -1.99. The quantitative estimate of drug-likeness (QED) is 0.670. The van der Waals surface area contributed by atoms with E-state index in [0.717, 1.165) is 0 Å². The second-order valence-electron chi connectivity index (χ2n) is 3.90. The summed E-state index contributed by atoms with van der Waals surface area (Å²) < 4.78 is 5.60. The number of nitrogens with two attached hydrogens (primary N) is 1. The molecule has 0 bridgehead atoms. The number of carbonyl (C=O) groups is 1. The number of aromatic nitrogens is 1. The van der Waals surface area contributed by atoms with Gasteiger partial charge in [-0.25, -0.2) is 4.98 Å². The number of ether oxygens (including phenoxy) is 1. The van der Waals surface area contributed by atoms with Gasteiger partial charge in [0.2, 0.25) is 0 Å². The highest BCUT2D eigenvalue weighted by Crippen LogP contribution is 2.27. The number of hydrogen-bond acceptors (Lipinski definition) is 5. The third-order valence-electron chi connectivity index (χ3n) is 2.46. The maximum atomic E-state index is 11.5. The van der Waals surface area contributed by atoms with E-state index in [1.165, 1.54) is 19.2 Å². The van der Waals surface area contributed by atoms with Gasteiger partial charge in [-0.2, -0.15) is 5.26 Å². The van der Waals surface area contributed by atoms with Crippen LogP contribution in [0.5, 0.6) is 11.5 Å². The second-order valence-corrected chi connectivity index (χ2v) is 3.90. The number of nitriles is 1. The minimum atomic E-state index is -0.142. The third-order valence-corrected chi connectivity index (χ3v) is 2.46. The van der Waals surface area contributed by atoms with Gasteiger partial charge in [-0.3, -0.25) is 4.79 Å². The first-order valence-electron chi connectivity index (χ1n) is 5.54. The van der Waals surface area contributed by atoms with Crippen LogP contribution in [0.3, 0.4) is 0 Å². The molecule has 5 heteroatoms. The summed E-state index contributed by atoms with van der Waals surface area (Å²) in [7, 11) is 0. The Bertz CT molecular complexity index is 675. The van der Waals surface area contributed by atoms with E-state index >= 15 is 0 Å². The van der Waals surface area contributed by atoms with E-state index in [9.17, 15) is 4.79 Å². The lowest BCUT2D eigenvalue weighted by molar-refractivity contribution is 0.101. The monoisotopic (exact) mass is 253 g/mol. The first kappa shape index (κ1) is 12.6. The lowest BCUT2D eigenvalue weighted by Gasteiger charge is -2.10. The van der Waals surface area contributed by atoms with Crippen LogP contribution in [0, 0.1) is 11.3 Å². The molecule has 5 nitrogen and oxygen atoms in total. The Morgan fingerprint density at radius 1 is 1.37 bits per heavy atom. The maximum absolute atomic E-state index is 11.5. The number of nitrogen functional groups attached to an aromatic ring is 1. The molecule has 2 rings (SSSR count). The first-order chi connectivity index (χ1) is 9.10. The summed E-state index contributed by atoms with van der Waals surface area (Å²) in [5, 5.41) is 8.77. The van der Waals surface area contributed by atoms with Crippen LogP contribution in [0.2, 0.25) is 0 Å². The molecule has 94 valence electrons. The SMILES string of the molecule is CC(=O)c1cc(N)ccc1Oc1ccnc(C#N)c1. The largest absolute Gasteiger partial charge is 0.456 e. The Kier molecular flexibility index (Phi) is 3.44. The highest BCUT2D eigenvalue weighted by molar-refractivity contribution is 5.97. The molecule has 2 N–H and O–H groups in total. The van der Waals surface area contributed by atoms with Crippen LogP contribution in [-0.4, -0.2) is 10.8 Å². The second kappa shape index (κ2) is 5.19. The molecule has 0 aliphatic carbocycles. The van der Waals surface area contributed by atoms with E-state index < -0.39 is 0 Å². The van der Waals surface area contributed by atoms with E-state index in [2.05, 4.69) is 4.98 Å². The molecule has 0 atom stereocenters. The van der Waals surface area contributed by atoms with E-state index in [1.807, 2.05) is 6.07 Å². The Labute approximate surface area is 110 Å². The predicted molar refractivity (Wildman–Crippen MR) is 69.9 cm³/mol. The van der Waals surface area contributed by atoms with Crippen molar-refractivity contribution >= 4 is 11.5 Å². The molecule has 0 saturated heterocycles. The van der Waals surface area contributed by atoms with Crippen molar-refractivity contribution in [3.8, 4) is 17.6 Å². The highest BCUT2D eigenvalue weighted by Gasteiger charge is 2.10. The van der Waals surface area contributed by atoms with Crippen LogP contribution in [0.4, 0.5) is 5.69 Å². The van der Waals surface area contributed by atoms with Crippen molar-refractivity contribution in [3.05, 3.63) is 47.8 Å². The van der Waals surface area contributed by atoms with E-state index in [0.29, 0.717) is 22.7 Å². The number of nitrogens with zero attached hydrogens (tertiary/aromatic N) is 2. The molecule has 0 radical (unpaired) electrons. The molecule has 1 aromatic carbocycles. The number of ketones is 1. The van der Waals surface area contributed by atoms with Gasteiger partial charge < -0.3 is 10.5 Å². The Morgan fingerprint density at radius 3 is 2.84 bits per heavy atom. The maximum Gasteiger partial charge on any atom is 0.163 e. The molecule has 0 amide bonds. The van der Waals surface area contributed by atoms with Crippen molar-refractivity contribution in [2.45, 2.75) is 6.92 Å². The van der Waals surface area contributed by atoms with Gasteiger partial charge in [0.25, 0.3) is 0 Å². The number of benzene rings is 1. The van der Waals surface area contributed by atoms with E-state index in [1.54, 1.807) is 24.3 Å². The van der Waals surface area contributed by atoms with Gasteiger partial charge in [0.1, 0.15) is 23.3 Å². The zero-order chi connectivity index (χ0) is 13.8. The van der Waals surface area contributed by atoms with Gasteiger partial charge in [0, 0.05) is 18.0 Å². The Morgan fingerprint density at radius 2 is 2.16 bits per heavy atom. The van der Waals surface area contributed by atoms with Crippen molar-refractivity contribution in [1.29, 1.82) is 5.26 Å². The van der Waals surface area contributed by atoms with Crippen LogP contribution in [0.25, 0.3) is 0 Å². The number of carbonyl (C=O) groups excluding carboxylic acids is 1. The summed E-state index contributed by atoms with van der Waals surface area (Å²) in [5.41, 5.74) is 6.78. The molecule has 2 aromatic rings. The minimum Gasteiger partial charge on any atom is -0.456 e. The summed E-state index contributed by atoms with van der Waals surface area (Å²) in [6.45, 7) is 1.44. The van der Waals surface area contributed by atoms with Crippen LogP contribution in [0.1, 0.15) is 23.0 Å². The van der Waals surface area contributed by atoms with Crippen LogP contribution >= 0.6 is 0 Å². The summed E-state index contributed by atoms with van der Waals surface area (Å²) in [5.74, 6) is 0.701. The van der Waals surface area contributed by atoms with Crippen molar-refractivity contribution < 1.29 is 9.53 Å².